The number of methoxy groups -OCH3 is 1. The van der Waals surface area contributed by atoms with E-state index in [1.807, 2.05) is 26.0 Å². The monoisotopic (exact) mass is 210 g/mol. The summed E-state index contributed by atoms with van der Waals surface area (Å²) in [6.07, 6.45) is 1.80. The maximum atomic E-state index is 11.6. The van der Waals surface area contributed by atoms with Crippen LogP contribution >= 0.6 is 0 Å². The second kappa shape index (κ2) is 4.98. The predicted molar refractivity (Wildman–Crippen MR) is 58.1 cm³/mol. The van der Waals surface area contributed by atoms with Gasteiger partial charge in [0.1, 0.15) is 0 Å². The Balaban J connectivity index is 2.85. The van der Waals surface area contributed by atoms with Crippen LogP contribution < -0.4 is 5.73 Å². The SMILES string of the molecule is COC(=O)C(C(C)C)C(N)c1ccc[nH]1. The Morgan fingerprint density at radius 1 is 1.53 bits per heavy atom. The topological polar surface area (TPSA) is 68.1 Å². The largest absolute Gasteiger partial charge is 0.469 e. The number of esters is 1. The number of aromatic nitrogens is 1. The molecule has 0 fully saturated rings. The lowest BCUT2D eigenvalue weighted by Crippen LogP contribution is -2.33. The third kappa shape index (κ3) is 2.59. The van der Waals surface area contributed by atoms with Crippen molar-refractivity contribution >= 4 is 5.97 Å². The zero-order valence-electron chi connectivity index (χ0n) is 9.36. The second-order valence-electron chi connectivity index (χ2n) is 3.94. The Morgan fingerprint density at radius 3 is 2.60 bits per heavy atom. The summed E-state index contributed by atoms with van der Waals surface area (Å²) in [5, 5.41) is 0. The van der Waals surface area contributed by atoms with Gasteiger partial charge >= 0.3 is 5.97 Å². The summed E-state index contributed by atoms with van der Waals surface area (Å²) in [5.41, 5.74) is 6.89. The number of nitrogens with one attached hydrogen (secondary N) is 1. The molecule has 1 rings (SSSR count). The van der Waals surface area contributed by atoms with E-state index < -0.39 is 0 Å². The average molecular weight is 210 g/mol. The van der Waals surface area contributed by atoms with Crippen molar-refractivity contribution in [2.45, 2.75) is 19.9 Å². The zero-order valence-corrected chi connectivity index (χ0v) is 9.36. The summed E-state index contributed by atoms with van der Waals surface area (Å²) >= 11 is 0. The van der Waals surface area contributed by atoms with E-state index >= 15 is 0 Å². The summed E-state index contributed by atoms with van der Waals surface area (Å²) in [7, 11) is 1.39. The highest BCUT2D eigenvalue weighted by atomic mass is 16.5. The predicted octanol–water partition coefficient (Wildman–Crippen LogP) is 1.46. The molecule has 0 aliphatic heterocycles. The second-order valence-corrected chi connectivity index (χ2v) is 3.94. The lowest BCUT2D eigenvalue weighted by atomic mass is 9.87. The van der Waals surface area contributed by atoms with Crippen LogP contribution in [0, 0.1) is 11.8 Å². The molecule has 0 bridgehead atoms. The molecule has 1 heterocycles. The minimum Gasteiger partial charge on any atom is -0.469 e. The fraction of sp³-hybridized carbons (Fsp3) is 0.545. The molecule has 0 amide bonds. The van der Waals surface area contributed by atoms with Crippen LogP contribution in [0.5, 0.6) is 0 Å². The number of H-pyrrole nitrogens is 1. The molecule has 0 spiro atoms. The first-order chi connectivity index (χ1) is 7.07. The third-order valence-corrected chi connectivity index (χ3v) is 2.56. The molecule has 0 aliphatic carbocycles. The molecule has 4 nitrogen and oxygen atoms in total. The maximum absolute atomic E-state index is 11.6. The Morgan fingerprint density at radius 2 is 2.20 bits per heavy atom. The van der Waals surface area contributed by atoms with Crippen LogP contribution in [-0.2, 0) is 9.53 Å². The van der Waals surface area contributed by atoms with E-state index in [9.17, 15) is 4.79 Å². The minimum atomic E-state index is -0.340. The summed E-state index contributed by atoms with van der Waals surface area (Å²) in [5.74, 6) is -0.420. The van der Waals surface area contributed by atoms with Gasteiger partial charge < -0.3 is 15.5 Å². The summed E-state index contributed by atoms with van der Waals surface area (Å²) in [4.78, 5) is 14.6. The highest BCUT2D eigenvalue weighted by Crippen LogP contribution is 2.26. The average Bonchev–Trinajstić information content (AvgIpc) is 2.69. The molecule has 3 N–H and O–H groups in total. The number of hydrogen-bond acceptors (Lipinski definition) is 3. The first-order valence-electron chi connectivity index (χ1n) is 5.04. The van der Waals surface area contributed by atoms with Crippen LogP contribution in [0.2, 0.25) is 0 Å². The van der Waals surface area contributed by atoms with E-state index in [0.29, 0.717) is 0 Å². The van der Waals surface area contributed by atoms with Gasteiger partial charge in [-0.05, 0) is 18.1 Å². The number of ether oxygens (including phenoxy) is 1. The summed E-state index contributed by atoms with van der Waals surface area (Å²) < 4.78 is 4.76. The molecule has 1 aromatic heterocycles. The molecule has 0 saturated carbocycles. The summed E-state index contributed by atoms with van der Waals surface area (Å²) in [6, 6.07) is 3.40. The molecule has 2 atom stereocenters. The Bertz CT molecular complexity index is 306. The number of nitrogens with two attached hydrogens (primary N) is 1. The van der Waals surface area contributed by atoms with Crippen molar-refractivity contribution in [3.8, 4) is 0 Å². The quantitative estimate of drug-likeness (QED) is 0.739. The van der Waals surface area contributed by atoms with E-state index in [1.165, 1.54) is 7.11 Å². The van der Waals surface area contributed by atoms with E-state index in [-0.39, 0.29) is 23.8 Å². The van der Waals surface area contributed by atoms with Gasteiger partial charge in [0.2, 0.25) is 0 Å². The molecule has 0 radical (unpaired) electrons. The number of hydrogen-bond donors (Lipinski definition) is 2. The van der Waals surface area contributed by atoms with Gasteiger partial charge in [-0.2, -0.15) is 0 Å². The third-order valence-electron chi connectivity index (χ3n) is 2.56. The molecule has 1 aromatic rings. The standard InChI is InChI=1S/C11H18N2O2/c1-7(2)9(11(14)15-3)10(12)8-5-4-6-13-8/h4-7,9-10,13H,12H2,1-3H3. The first-order valence-corrected chi connectivity index (χ1v) is 5.04. The molecule has 84 valence electrons. The molecule has 0 aromatic carbocycles. The van der Waals surface area contributed by atoms with Gasteiger partial charge in [-0.1, -0.05) is 13.8 Å². The zero-order chi connectivity index (χ0) is 11.4. The van der Waals surface area contributed by atoms with Crippen molar-refractivity contribution < 1.29 is 9.53 Å². The van der Waals surface area contributed by atoms with Crippen molar-refractivity contribution in [2.75, 3.05) is 7.11 Å². The van der Waals surface area contributed by atoms with Crippen molar-refractivity contribution in [3.63, 3.8) is 0 Å². The van der Waals surface area contributed by atoms with Gasteiger partial charge in [-0.15, -0.1) is 0 Å². The van der Waals surface area contributed by atoms with E-state index in [1.54, 1.807) is 6.20 Å². The Kier molecular flexibility index (Phi) is 3.91. The van der Waals surface area contributed by atoms with Gasteiger partial charge in [-0.3, -0.25) is 4.79 Å². The van der Waals surface area contributed by atoms with Gasteiger partial charge in [-0.25, -0.2) is 0 Å². The van der Waals surface area contributed by atoms with Crippen LogP contribution in [0.15, 0.2) is 18.3 Å². The Hall–Kier alpha value is -1.29. The fourth-order valence-electron chi connectivity index (χ4n) is 1.71. The van der Waals surface area contributed by atoms with Crippen LogP contribution in [0.4, 0.5) is 0 Å². The number of aromatic amines is 1. The minimum absolute atomic E-state index is 0.149. The smallest absolute Gasteiger partial charge is 0.310 e. The van der Waals surface area contributed by atoms with Crippen LogP contribution in [0.3, 0.4) is 0 Å². The normalized spacial score (nSPS) is 15.0. The first kappa shape index (κ1) is 11.8. The van der Waals surface area contributed by atoms with E-state index in [4.69, 9.17) is 10.5 Å². The van der Waals surface area contributed by atoms with Crippen molar-refractivity contribution in [1.29, 1.82) is 0 Å². The Labute approximate surface area is 89.8 Å². The lowest BCUT2D eigenvalue weighted by Gasteiger charge is -2.24. The molecule has 15 heavy (non-hydrogen) atoms. The molecular weight excluding hydrogens is 192 g/mol. The van der Waals surface area contributed by atoms with Crippen molar-refractivity contribution in [3.05, 3.63) is 24.0 Å². The van der Waals surface area contributed by atoms with Crippen molar-refractivity contribution in [2.24, 2.45) is 17.6 Å². The van der Waals surface area contributed by atoms with E-state index in [2.05, 4.69) is 4.98 Å². The summed E-state index contributed by atoms with van der Waals surface area (Å²) in [6.45, 7) is 3.93. The highest BCUT2D eigenvalue weighted by Gasteiger charge is 2.30. The molecule has 4 heteroatoms. The number of rotatable bonds is 4. The highest BCUT2D eigenvalue weighted by molar-refractivity contribution is 5.73. The van der Waals surface area contributed by atoms with Crippen LogP contribution in [-0.4, -0.2) is 18.1 Å². The molecule has 2 unspecified atom stereocenters. The lowest BCUT2D eigenvalue weighted by molar-refractivity contribution is -0.148. The number of carbonyl (C=O) groups excluding carboxylic acids is 1. The fourth-order valence-corrected chi connectivity index (χ4v) is 1.71. The molecule has 0 aliphatic rings. The van der Waals surface area contributed by atoms with Gasteiger partial charge in [0.25, 0.3) is 0 Å². The molecule has 0 saturated heterocycles. The maximum Gasteiger partial charge on any atom is 0.310 e. The van der Waals surface area contributed by atoms with Gasteiger partial charge in [0, 0.05) is 11.9 Å². The van der Waals surface area contributed by atoms with Gasteiger partial charge in [0.05, 0.1) is 19.1 Å². The van der Waals surface area contributed by atoms with Crippen molar-refractivity contribution in [1.82, 2.24) is 4.98 Å². The van der Waals surface area contributed by atoms with Crippen LogP contribution in [0.25, 0.3) is 0 Å². The number of carbonyl (C=O) groups is 1. The van der Waals surface area contributed by atoms with E-state index in [0.717, 1.165) is 5.69 Å². The van der Waals surface area contributed by atoms with Crippen LogP contribution in [0.1, 0.15) is 25.6 Å². The van der Waals surface area contributed by atoms with Gasteiger partial charge in [0.15, 0.2) is 0 Å². The molecular formula is C11H18N2O2.